The Balaban J connectivity index is 1.36. The maximum atomic E-state index is 5.87. The minimum absolute atomic E-state index is 0.0332. The van der Waals surface area contributed by atoms with Crippen LogP contribution < -0.4 is 4.74 Å². The van der Waals surface area contributed by atoms with Gasteiger partial charge in [0.2, 0.25) is 0 Å². The fourth-order valence-electron chi connectivity index (χ4n) is 5.63. The first-order valence-electron chi connectivity index (χ1n) is 12.3. The van der Waals surface area contributed by atoms with Gasteiger partial charge < -0.3 is 9.47 Å². The molecule has 2 aliphatic heterocycles. The summed E-state index contributed by atoms with van der Waals surface area (Å²) in [6, 6.07) is 9.19. The molecule has 1 aromatic heterocycles. The summed E-state index contributed by atoms with van der Waals surface area (Å²) in [6.07, 6.45) is 9.30. The molecule has 2 aromatic rings. The van der Waals surface area contributed by atoms with E-state index in [1.165, 1.54) is 37.7 Å². The van der Waals surface area contributed by atoms with Crippen molar-refractivity contribution in [2.24, 2.45) is 0 Å². The highest BCUT2D eigenvalue weighted by atomic mass is 16.5. The van der Waals surface area contributed by atoms with Crippen LogP contribution in [0, 0.1) is 0 Å². The molecule has 0 unspecified atom stereocenters. The number of hydrogen-bond acceptors (Lipinski definition) is 7. The number of ether oxygens (including phenoxy) is 2. The highest BCUT2D eigenvalue weighted by molar-refractivity contribution is 5.32. The van der Waals surface area contributed by atoms with E-state index < -0.39 is 0 Å². The van der Waals surface area contributed by atoms with Crippen molar-refractivity contribution in [1.82, 2.24) is 30.0 Å². The fourth-order valence-corrected chi connectivity index (χ4v) is 5.63. The van der Waals surface area contributed by atoms with Crippen LogP contribution in [0.4, 0.5) is 0 Å². The molecule has 1 aromatic carbocycles. The zero-order chi connectivity index (χ0) is 21.8. The number of tetrazole rings is 1. The Bertz CT molecular complexity index is 836. The van der Waals surface area contributed by atoms with Gasteiger partial charge >= 0.3 is 0 Å². The molecule has 0 N–H and O–H groups in total. The highest BCUT2D eigenvalue weighted by Gasteiger charge is 2.33. The molecular weight excluding hydrogens is 404 g/mol. The largest absolute Gasteiger partial charge is 0.497 e. The Kier molecular flexibility index (Phi) is 7.00. The van der Waals surface area contributed by atoms with Crippen LogP contribution in [0.5, 0.6) is 5.75 Å². The van der Waals surface area contributed by atoms with Crippen molar-refractivity contribution < 1.29 is 9.47 Å². The number of hydrogen-bond donors (Lipinski definition) is 0. The number of nitrogens with zero attached hydrogens (tertiary/aromatic N) is 6. The predicted octanol–water partition coefficient (Wildman–Crippen LogP) is 2.90. The minimum Gasteiger partial charge on any atom is -0.497 e. The van der Waals surface area contributed by atoms with Crippen molar-refractivity contribution in [2.45, 2.75) is 69.7 Å². The smallest absolute Gasteiger partial charge is 0.173 e. The minimum atomic E-state index is 0.0332. The molecule has 8 heteroatoms. The van der Waals surface area contributed by atoms with Gasteiger partial charge in [-0.3, -0.25) is 9.80 Å². The molecule has 32 heavy (non-hydrogen) atoms. The number of piperazine rings is 1. The van der Waals surface area contributed by atoms with Crippen LogP contribution in [0.2, 0.25) is 0 Å². The zero-order valence-electron chi connectivity index (χ0n) is 19.2. The third kappa shape index (κ3) is 4.82. The number of methoxy groups -OCH3 is 1. The summed E-state index contributed by atoms with van der Waals surface area (Å²) >= 11 is 0. The summed E-state index contributed by atoms with van der Waals surface area (Å²) in [4.78, 5) is 5.27. The van der Waals surface area contributed by atoms with E-state index in [0.717, 1.165) is 69.8 Å². The molecule has 1 aliphatic carbocycles. The summed E-state index contributed by atoms with van der Waals surface area (Å²) in [5, 5.41) is 13.0. The van der Waals surface area contributed by atoms with E-state index in [1.54, 1.807) is 7.11 Å². The van der Waals surface area contributed by atoms with Crippen LogP contribution in [-0.4, -0.2) is 82.0 Å². The molecule has 0 bridgehead atoms. The van der Waals surface area contributed by atoms with Crippen LogP contribution >= 0.6 is 0 Å². The van der Waals surface area contributed by atoms with Gasteiger partial charge in [0.1, 0.15) is 5.75 Å². The van der Waals surface area contributed by atoms with Gasteiger partial charge in [-0.25, -0.2) is 4.68 Å². The molecule has 3 heterocycles. The van der Waals surface area contributed by atoms with Gasteiger partial charge in [0.05, 0.1) is 25.8 Å². The lowest BCUT2D eigenvalue weighted by Crippen LogP contribution is -2.52. The molecule has 3 fully saturated rings. The first kappa shape index (κ1) is 21.8. The topological polar surface area (TPSA) is 68.5 Å². The molecule has 0 amide bonds. The third-order valence-corrected chi connectivity index (χ3v) is 7.44. The van der Waals surface area contributed by atoms with E-state index in [1.807, 2.05) is 16.8 Å². The average molecular weight is 441 g/mol. The quantitative estimate of drug-likeness (QED) is 0.656. The lowest BCUT2D eigenvalue weighted by atomic mass is 9.93. The van der Waals surface area contributed by atoms with Gasteiger partial charge in [-0.05, 0) is 53.8 Å². The van der Waals surface area contributed by atoms with E-state index >= 15 is 0 Å². The molecule has 2 atom stereocenters. The van der Waals surface area contributed by atoms with Crippen LogP contribution in [0.25, 0.3) is 0 Å². The highest BCUT2D eigenvalue weighted by Crippen LogP contribution is 2.31. The van der Waals surface area contributed by atoms with E-state index in [-0.39, 0.29) is 12.1 Å². The molecular formula is C24H36N6O2. The zero-order valence-corrected chi connectivity index (χ0v) is 19.2. The van der Waals surface area contributed by atoms with E-state index in [2.05, 4.69) is 37.5 Å². The SMILES string of the molecule is COc1ccc([C@H](c2nnnn2C[C@H]2CCCO2)N2CCN(C3CCCCC3)CC2)cc1. The first-order valence-corrected chi connectivity index (χ1v) is 12.3. The normalized spacial score (nSPS) is 24.6. The predicted molar refractivity (Wildman–Crippen MR) is 122 cm³/mol. The maximum absolute atomic E-state index is 5.87. The molecule has 3 aliphatic rings. The van der Waals surface area contributed by atoms with Gasteiger partial charge in [0, 0.05) is 38.8 Å². The lowest BCUT2D eigenvalue weighted by Gasteiger charge is -2.43. The van der Waals surface area contributed by atoms with Crippen molar-refractivity contribution in [3.05, 3.63) is 35.7 Å². The summed E-state index contributed by atoms with van der Waals surface area (Å²) in [5.41, 5.74) is 1.21. The van der Waals surface area contributed by atoms with Crippen molar-refractivity contribution in [3.63, 3.8) is 0 Å². The molecule has 5 rings (SSSR count). The summed E-state index contributed by atoms with van der Waals surface area (Å²) in [7, 11) is 1.71. The maximum Gasteiger partial charge on any atom is 0.173 e. The van der Waals surface area contributed by atoms with Gasteiger partial charge in [-0.2, -0.15) is 0 Å². The van der Waals surface area contributed by atoms with Gasteiger partial charge in [0.25, 0.3) is 0 Å². The van der Waals surface area contributed by atoms with E-state index in [0.29, 0.717) is 0 Å². The van der Waals surface area contributed by atoms with Crippen LogP contribution in [-0.2, 0) is 11.3 Å². The van der Waals surface area contributed by atoms with Crippen LogP contribution in [0.3, 0.4) is 0 Å². The summed E-state index contributed by atoms with van der Waals surface area (Å²) < 4.78 is 13.2. The monoisotopic (exact) mass is 440 g/mol. The first-order chi connectivity index (χ1) is 15.8. The third-order valence-electron chi connectivity index (χ3n) is 7.44. The van der Waals surface area contributed by atoms with Crippen LogP contribution in [0.1, 0.15) is 62.4 Å². The Morgan fingerprint density at radius 2 is 1.78 bits per heavy atom. The standard InChI is InChI=1S/C24H36N6O2/c1-31-21-11-9-19(10-12-21)23(24-25-26-27-30(24)18-22-8-5-17-32-22)29-15-13-28(14-16-29)20-6-3-2-4-7-20/h9-12,20,22-23H,2-8,13-18H2,1H3/t22-,23-/m1/s1. The van der Waals surface area contributed by atoms with Gasteiger partial charge in [-0.1, -0.05) is 31.4 Å². The number of aromatic nitrogens is 4. The van der Waals surface area contributed by atoms with Gasteiger partial charge in [-0.15, -0.1) is 5.10 Å². The molecule has 174 valence electrons. The molecule has 0 radical (unpaired) electrons. The van der Waals surface area contributed by atoms with Crippen LogP contribution in [0.15, 0.2) is 24.3 Å². The van der Waals surface area contributed by atoms with Crippen molar-refractivity contribution in [2.75, 3.05) is 39.9 Å². The molecule has 1 saturated carbocycles. The van der Waals surface area contributed by atoms with E-state index in [9.17, 15) is 0 Å². The Morgan fingerprint density at radius 3 is 2.47 bits per heavy atom. The lowest BCUT2D eigenvalue weighted by molar-refractivity contribution is 0.0595. The van der Waals surface area contributed by atoms with Crippen molar-refractivity contribution >= 4 is 0 Å². The number of rotatable bonds is 7. The fraction of sp³-hybridized carbons (Fsp3) is 0.708. The van der Waals surface area contributed by atoms with Crippen molar-refractivity contribution in [1.29, 1.82) is 0 Å². The average Bonchev–Trinajstić information content (AvgIpc) is 3.54. The molecule has 8 nitrogen and oxygen atoms in total. The summed E-state index contributed by atoms with van der Waals surface area (Å²) in [5.74, 6) is 1.78. The van der Waals surface area contributed by atoms with E-state index in [4.69, 9.17) is 9.47 Å². The number of benzene rings is 1. The molecule has 0 spiro atoms. The second-order valence-electron chi connectivity index (χ2n) is 9.39. The van der Waals surface area contributed by atoms with Crippen molar-refractivity contribution in [3.8, 4) is 5.75 Å². The van der Waals surface area contributed by atoms with Gasteiger partial charge in [0.15, 0.2) is 5.82 Å². The molecule has 2 saturated heterocycles. The Hall–Kier alpha value is -2.03. The summed E-state index contributed by atoms with van der Waals surface area (Å²) in [6.45, 7) is 5.85. The Morgan fingerprint density at radius 1 is 1.00 bits per heavy atom. The second kappa shape index (κ2) is 10.3. The second-order valence-corrected chi connectivity index (χ2v) is 9.39. The Labute approximate surface area is 190 Å².